The molecule has 0 saturated heterocycles. The molecule has 36 heavy (non-hydrogen) atoms. The van der Waals surface area contributed by atoms with Crippen molar-refractivity contribution >= 4 is 5.91 Å². The molecule has 0 aliphatic heterocycles. The van der Waals surface area contributed by atoms with Crippen molar-refractivity contribution in [1.82, 2.24) is 15.1 Å². The number of carbonyl (C=O) groups is 1. The van der Waals surface area contributed by atoms with Crippen LogP contribution in [0, 0.1) is 5.82 Å². The van der Waals surface area contributed by atoms with Crippen LogP contribution in [-0.4, -0.2) is 22.2 Å². The average molecular weight is 476 g/mol. The van der Waals surface area contributed by atoms with Crippen molar-refractivity contribution in [1.29, 1.82) is 0 Å². The Morgan fingerprint density at radius 2 is 1.33 bits per heavy atom. The second-order valence-corrected chi connectivity index (χ2v) is 8.56. The molecule has 0 unspecified atom stereocenters. The van der Waals surface area contributed by atoms with E-state index < -0.39 is 0 Å². The molecule has 0 aliphatic carbocycles. The fourth-order valence-corrected chi connectivity index (χ4v) is 4.43. The maximum Gasteiger partial charge on any atom is 0.270 e. The summed E-state index contributed by atoms with van der Waals surface area (Å²) in [4.78, 5) is 13.4. The number of amides is 1. The Hall–Kier alpha value is -4.51. The van der Waals surface area contributed by atoms with Crippen LogP contribution in [0.5, 0.6) is 0 Å². The van der Waals surface area contributed by atoms with Crippen molar-refractivity contribution in [2.75, 3.05) is 6.54 Å². The van der Waals surface area contributed by atoms with E-state index in [1.165, 1.54) is 17.2 Å². The van der Waals surface area contributed by atoms with Crippen LogP contribution in [0.4, 0.5) is 4.39 Å². The summed E-state index contributed by atoms with van der Waals surface area (Å²) < 4.78 is 16.1. The zero-order valence-electron chi connectivity index (χ0n) is 19.7. The molecule has 1 aromatic heterocycles. The molecule has 0 fully saturated rings. The number of rotatable bonds is 8. The molecule has 0 spiro atoms. The molecule has 4 aromatic carbocycles. The second kappa shape index (κ2) is 10.8. The molecule has 0 aliphatic rings. The van der Waals surface area contributed by atoms with Gasteiger partial charge in [0.2, 0.25) is 0 Å². The van der Waals surface area contributed by atoms with Gasteiger partial charge in [-0.3, -0.25) is 4.79 Å². The van der Waals surface area contributed by atoms with E-state index in [9.17, 15) is 9.18 Å². The first-order valence-electron chi connectivity index (χ1n) is 12.0. The van der Waals surface area contributed by atoms with E-state index in [-0.39, 0.29) is 17.6 Å². The van der Waals surface area contributed by atoms with Gasteiger partial charge in [0, 0.05) is 18.0 Å². The smallest absolute Gasteiger partial charge is 0.270 e. The minimum atomic E-state index is -0.379. The molecule has 1 amide bonds. The summed E-state index contributed by atoms with van der Waals surface area (Å²) in [5, 5.41) is 7.65. The first-order valence-corrected chi connectivity index (χ1v) is 12.0. The Morgan fingerprint density at radius 3 is 1.94 bits per heavy atom. The molecule has 0 bridgehead atoms. The first kappa shape index (κ1) is 23.2. The Morgan fingerprint density at radius 1 is 0.778 bits per heavy atom. The molecule has 5 heteroatoms. The molecule has 4 nitrogen and oxygen atoms in total. The lowest BCUT2D eigenvalue weighted by Crippen LogP contribution is -2.28. The van der Waals surface area contributed by atoms with Gasteiger partial charge in [0.1, 0.15) is 11.5 Å². The van der Waals surface area contributed by atoms with Crippen LogP contribution < -0.4 is 5.32 Å². The molecular weight excluding hydrogens is 449 g/mol. The molecule has 5 aromatic rings. The standard InChI is InChI=1S/C31H26FN3O/c32-28-19-11-10-18-27(28)29-22-30(35(34-29)25-16-8-3-9-17-25)31(36)33-21-20-26(23-12-4-1-5-13-23)24-14-6-2-7-15-24/h1-19,22,26H,20-21H2,(H,33,36). The fourth-order valence-electron chi connectivity index (χ4n) is 4.43. The van der Waals surface area contributed by atoms with E-state index in [0.29, 0.717) is 23.5 Å². The number of hydrogen-bond donors (Lipinski definition) is 1. The maximum absolute atomic E-state index is 14.5. The van der Waals surface area contributed by atoms with Gasteiger partial charge in [-0.25, -0.2) is 9.07 Å². The molecule has 0 saturated carbocycles. The van der Waals surface area contributed by atoms with Crippen LogP contribution in [-0.2, 0) is 0 Å². The zero-order chi connectivity index (χ0) is 24.7. The number of aromatic nitrogens is 2. The van der Waals surface area contributed by atoms with Crippen LogP contribution in [0.3, 0.4) is 0 Å². The third-order valence-electron chi connectivity index (χ3n) is 6.22. The summed E-state index contributed by atoms with van der Waals surface area (Å²) in [5.74, 6) is -0.481. The third kappa shape index (κ3) is 5.10. The lowest BCUT2D eigenvalue weighted by molar-refractivity contribution is 0.0945. The van der Waals surface area contributed by atoms with Crippen molar-refractivity contribution in [3.05, 3.63) is 144 Å². The quantitative estimate of drug-likeness (QED) is 0.274. The minimum absolute atomic E-state index is 0.153. The van der Waals surface area contributed by atoms with E-state index >= 15 is 0 Å². The predicted octanol–water partition coefficient (Wildman–Crippen LogP) is 6.63. The number of hydrogen-bond acceptors (Lipinski definition) is 2. The van der Waals surface area contributed by atoms with Gasteiger partial charge in [-0.2, -0.15) is 5.10 Å². The van der Waals surface area contributed by atoms with Gasteiger partial charge in [-0.1, -0.05) is 91.0 Å². The summed E-state index contributed by atoms with van der Waals surface area (Å²) in [6.07, 6.45) is 0.736. The summed E-state index contributed by atoms with van der Waals surface area (Å²) >= 11 is 0. The molecule has 0 atom stereocenters. The number of para-hydroxylation sites is 1. The highest BCUT2D eigenvalue weighted by molar-refractivity contribution is 5.94. The van der Waals surface area contributed by atoms with Gasteiger partial charge in [-0.05, 0) is 47.9 Å². The Bertz CT molecular complexity index is 1390. The van der Waals surface area contributed by atoms with Crippen molar-refractivity contribution in [2.24, 2.45) is 0 Å². The topological polar surface area (TPSA) is 46.9 Å². The molecule has 5 rings (SSSR count). The summed E-state index contributed by atoms with van der Waals surface area (Å²) in [7, 11) is 0. The zero-order valence-corrected chi connectivity index (χ0v) is 19.7. The van der Waals surface area contributed by atoms with Crippen LogP contribution in [0.1, 0.15) is 34.0 Å². The van der Waals surface area contributed by atoms with Crippen LogP contribution in [0.2, 0.25) is 0 Å². The number of benzene rings is 4. The monoisotopic (exact) mass is 475 g/mol. The van der Waals surface area contributed by atoms with E-state index in [1.807, 2.05) is 66.7 Å². The highest BCUT2D eigenvalue weighted by Crippen LogP contribution is 2.28. The largest absolute Gasteiger partial charge is 0.351 e. The lowest BCUT2D eigenvalue weighted by atomic mass is 9.88. The van der Waals surface area contributed by atoms with Crippen LogP contribution in [0.15, 0.2) is 121 Å². The highest BCUT2D eigenvalue weighted by atomic mass is 19.1. The average Bonchev–Trinajstić information content (AvgIpc) is 3.38. The van der Waals surface area contributed by atoms with E-state index in [2.05, 4.69) is 34.7 Å². The molecule has 178 valence electrons. The summed E-state index contributed by atoms with van der Waals surface area (Å²) in [5.41, 5.74) is 4.26. The normalized spacial score (nSPS) is 10.9. The number of nitrogens with one attached hydrogen (secondary N) is 1. The lowest BCUT2D eigenvalue weighted by Gasteiger charge is -2.18. The minimum Gasteiger partial charge on any atom is -0.351 e. The van der Waals surface area contributed by atoms with Crippen molar-refractivity contribution in [2.45, 2.75) is 12.3 Å². The fraction of sp³-hybridized carbons (Fsp3) is 0.0968. The van der Waals surface area contributed by atoms with Gasteiger partial charge >= 0.3 is 0 Å². The SMILES string of the molecule is O=C(NCCC(c1ccccc1)c1ccccc1)c1cc(-c2ccccc2F)nn1-c1ccccc1. The van der Waals surface area contributed by atoms with Gasteiger partial charge in [0.25, 0.3) is 5.91 Å². The van der Waals surface area contributed by atoms with Crippen LogP contribution in [0.25, 0.3) is 16.9 Å². The van der Waals surface area contributed by atoms with E-state index in [4.69, 9.17) is 0 Å². The van der Waals surface area contributed by atoms with Gasteiger partial charge in [0.05, 0.1) is 11.4 Å². The summed E-state index contributed by atoms with van der Waals surface area (Å²) in [6.45, 7) is 0.474. The number of halogens is 1. The number of nitrogens with zero attached hydrogens (tertiary/aromatic N) is 2. The van der Waals surface area contributed by atoms with E-state index in [0.717, 1.165) is 12.1 Å². The van der Waals surface area contributed by atoms with Gasteiger partial charge in [0.15, 0.2) is 0 Å². The summed E-state index contributed by atoms with van der Waals surface area (Å²) in [6, 6.07) is 38.1. The maximum atomic E-state index is 14.5. The third-order valence-corrected chi connectivity index (χ3v) is 6.22. The van der Waals surface area contributed by atoms with Crippen molar-refractivity contribution in [3.8, 4) is 16.9 Å². The first-order chi connectivity index (χ1) is 17.7. The van der Waals surface area contributed by atoms with E-state index in [1.54, 1.807) is 28.9 Å². The molecule has 1 heterocycles. The highest BCUT2D eigenvalue weighted by Gasteiger charge is 2.20. The molecular formula is C31H26FN3O. The Labute approximate surface area is 210 Å². The Balaban J connectivity index is 1.40. The van der Waals surface area contributed by atoms with Crippen molar-refractivity contribution < 1.29 is 9.18 Å². The van der Waals surface area contributed by atoms with Crippen molar-refractivity contribution in [3.63, 3.8) is 0 Å². The Kier molecular flexibility index (Phi) is 6.99. The predicted molar refractivity (Wildman–Crippen MR) is 141 cm³/mol. The molecule has 1 N–H and O–H groups in total. The van der Waals surface area contributed by atoms with Crippen LogP contribution >= 0.6 is 0 Å². The molecule has 0 radical (unpaired) electrons. The van der Waals surface area contributed by atoms with Gasteiger partial charge < -0.3 is 5.32 Å². The van der Waals surface area contributed by atoms with Gasteiger partial charge in [-0.15, -0.1) is 0 Å². The number of carbonyl (C=O) groups excluding carboxylic acids is 1. The second-order valence-electron chi connectivity index (χ2n) is 8.56.